The van der Waals surface area contributed by atoms with Gasteiger partial charge in [0, 0.05) is 6.61 Å². The van der Waals surface area contributed by atoms with Gasteiger partial charge in [0.2, 0.25) is 0 Å². The zero-order valence-corrected chi connectivity index (χ0v) is 20.7. The molecule has 1 atom stereocenters. The van der Waals surface area contributed by atoms with E-state index in [9.17, 15) is 13.5 Å². The molecule has 0 aromatic rings. The predicted molar refractivity (Wildman–Crippen MR) is 126 cm³/mol. The van der Waals surface area contributed by atoms with Gasteiger partial charge in [0.1, 0.15) is 6.10 Å². The van der Waals surface area contributed by atoms with Crippen molar-refractivity contribution in [3.8, 4) is 0 Å². The van der Waals surface area contributed by atoms with Gasteiger partial charge in [-0.05, 0) is 12.8 Å². The molecule has 0 rings (SSSR count). The lowest BCUT2D eigenvalue weighted by molar-refractivity contribution is 0.0220. The lowest BCUT2D eigenvalue weighted by Crippen LogP contribution is -2.28. The van der Waals surface area contributed by atoms with Crippen LogP contribution < -0.4 is 0 Å². The third-order valence-electron chi connectivity index (χ3n) is 5.39. The van der Waals surface area contributed by atoms with Crippen molar-refractivity contribution in [3.63, 3.8) is 0 Å². The van der Waals surface area contributed by atoms with Crippen LogP contribution in [0.15, 0.2) is 0 Å². The number of aliphatic hydroxyl groups is 1. The first-order valence-electron chi connectivity index (χ1n) is 12.6. The van der Waals surface area contributed by atoms with Crippen LogP contribution >= 0.6 is 0 Å². The Morgan fingerprint density at radius 3 is 1.50 bits per heavy atom. The Bertz CT molecular complexity index is 439. The molecule has 0 heterocycles. The van der Waals surface area contributed by atoms with Crippen molar-refractivity contribution in [2.24, 2.45) is 0 Å². The highest BCUT2D eigenvalue weighted by atomic mass is 32.2. The highest BCUT2D eigenvalue weighted by molar-refractivity contribution is 7.86. The van der Waals surface area contributed by atoms with Crippen LogP contribution in [0.4, 0.5) is 0 Å². The van der Waals surface area contributed by atoms with Crippen molar-refractivity contribution in [2.75, 3.05) is 25.6 Å². The molecular weight excluding hydrogens is 400 g/mol. The zero-order chi connectivity index (χ0) is 22.3. The second kappa shape index (κ2) is 22.0. The smallest absolute Gasteiger partial charge is 0.267 e. The van der Waals surface area contributed by atoms with Crippen LogP contribution in [-0.2, 0) is 19.0 Å². The summed E-state index contributed by atoms with van der Waals surface area (Å²) in [5.74, 6) is -0.0252. The molecule has 6 heteroatoms. The summed E-state index contributed by atoms with van der Waals surface area (Å²) in [6, 6.07) is 0. The molecule has 182 valence electrons. The number of aliphatic hydroxyl groups excluding tert-OH is 1. The summed E-state index contributed by atoms with van der Waals surface area (Å²) in [5, 5.41) is 9.23. The quantitative estimate of drug-likeness (QED) is 0.136. The molecule has 5 nitrogen and oxygen atoms in total. The maximum absolute atomic E-state index is 11.6. The van der Waals surface area contributed by atoms with Crippen LogP contribution in [0, 0.1) is 0 Å². The van der Waals surface area contributed by atoms with Crippen molar-refractivity contribution in [2.45, 2.75) is 129 Å². The number of ether oxygens (including phenoxy) is 1. The van der Waals surface area contributed by atoms with Crippen LogP contribution in [0.3, 0.4) is 0 Å². The first kappa shape index (κ1) is 29.8. The largest absolute Gasteiger partial charge is 0.394 e. The minimum absolute atomic E-state index is 0.0252. The summed E-state index contributed by atoms with van der Waals surface area (Å²) in [6.45, 7) is 4.42. The van der Waals surface area contributed by atoms with Gasteiger partial charge in [-0.2, -0.15) is 8.42 Å². The van der Waals surface area contributed by atoms with Crippen molar-refractivity contribution in [1.29, 1.82) is 0 Å². The summed E-state index contributed by atoms with van der Waals surface area (Å²) < 4.78 is 33.6. The fourth-order valence-electron chi connectivity index (χ4n) is 3.58. The Hall–Kier alpha value is -0.170. The van der Waals surface area contributed by atoms with Gasteiger partial charge < -0.3 is 9.84 Å². The van der Waals surface area contributed by atoms with E-state index < -0.39 is 16.2 Å². The number of hydrogen-bond donors (Lipinski definition) is 1. The molecule has 0 amide bonds. The van der Waals surface area contributed by atoms with Gasteiger partial charge in [-0.15, -0.1) is 0 Å². The highest BCUT2D eigenvalue weighted by Gasteiger charge is 2.18. The Morgan fingerprint density at radius 2 is 1.10 bits per heavy atom. The third-order valence-corrected chi connectivity index (χ3v) is 6.86. The maximum Gasteiger partial charge on any atom is 0.267 e. The Kier molecular flexibility index (Phi) is 21.9. The molecule has 0 spiro atoms. The van der Waals surface area contributed by atoms with Crippen molar-refractivity contribution >= 4 is 10.1 Å². The molecule has 0 aromatic heterocycles. The van der Waals surface area contributed by atoms with Crippen molar-refractivity contribution in [3.05, 3.63) is 0 Å². The van der Waals surface area contributed by atoms with Crippen molar-refractivity contribution in [1.82, 2.24) is 0 Å². The summed E-state index contributed by atoms with van der Waals surface area (Å²) in [6.07, 6.45) is 21.0. The molecule has 0 aliphatic rings. The van der Waals surface area contributed by atoms with Gasteiger partial charge in [0.05, 0.1) is 19.0 Å². The number of rotatable bonds is 24. The molecular formula is C24H50O5S. The minimum Gasteiger partial charge on any atom is -0.394 e. The second-order valence-corrected chi connectivity index (χ2v) is 10.3. The molecule has 0 aliphatic heterocycles. The fourth-order valence-corrected chi connectivity index (χ4v) is 4.71. The van der Waals surface area contributed by atoms with E-state index in [4.69, 9.17) is 8.92 Å². The van der Waals surface area contributed by atoms with E-state index >= 15 is 0 Å². The number of unbranched alkanes of at least 4 members (excludes halogenated alkanes) is 15. The Balaban J connectivity index is 3.32. The average molecular weight is 451 g/mol. The van der Waals surface area contributed by atoms with Crippen molar-refractivity contribution < 1.29 is 22.4 Å². The third kappa shape index (κ3) is 21.1. The monoisotopic (exact) mass is 450 g/mol. The molecule has 0 radical (unpaired) electrons. The molecule has 30 heavy (non-hydrogen) atoms. The molecule has 0 saturated heterocycles. The number of hydrogen-bond acceptors (Lipinski definition) is 5. The van der Waals surface area contributed by atoms with Crippen LogP contribution in [0.2, 0.25) is 0 Å². The lowest BCUT2D eigenvalue weighted by atomic mass is 10.0. The molecule has 0 aliphatic carbocycles. The van der Waals surface area contributed by atoms with E-state index in [1.807, 2.05) is 0 Å². The van der Waals surface area contributed by atoms with Gasteiger partial charge in [-0.1, -0.05) is 110 Å². The van der Waals surface area contributed by atoms with Gasteiger partial charge in [-0.3, -0.25) is 4.18 Å². The Labute approximate surface area is 187 Å². The zero-order valence-electron chi connectivity index (χ0n) is 19.9. The average Bonchev–Trinajstić information content (AvgIpc) is 2.71. The van der Waals surface area contributed by atoms with E-state index in [0.29, 0.717) is 13.0 Å². The lowest BCUT2D eigenvalue weighted by Gasteiger charge is -2.15. The van der Waals surface area contributed by atoms with Crippen LogP contribution in [0.1, 0.15) is 123 Å². The van der Waals surface area contributed by atoms with E-state index in [1.165, 1.54) is 89.9 Å². The first-order valence-corrected chi connectivity index (χ1v) is 14.2. The predicted octanol–water partition coefficient (Wildman–Crippen LogP) is 6.38. The van der Waals surface area contributed by atoms with E-state index in [2.05, 4.69) is 6.92 Å². The van der Waals surface area contributed by atoms with Gasteiger partial charge in [0.15, 0.2) is 0 Å². The van der Waals surface area contributed by atoms with Crippen LogP contribution in [-0.4, -0.2) is 45.2 Å². The molecule has 0 saturated carbocycles. The molecule has 0 bridgehead atoms. The summed E-state index contributed by atoms with van der Waals surface area (Å²) >= 11 is 0. The van der Waals surface area contributed by atoms with Gasteiger partial charge in [0.25, 0.3) is 10.1 Å². The van der Waals surface area contributed by atoms with Crippen LogP contribution in [0.5, 0.6) is 0 Å². The first-order chi connectivity index (χ1) is 14.6. The molecule has 1 N–H and O–H groups in total. The Morgan fingerprint density at radius 1 is 0.667 bits per heavy atom. The second-order valence-electron chi connectivity index (χ2n) is 8.54. The maximum atomic E-state index is 11.6. The van der Waals surface area contributed by atoms with Crippen LogP contribution in [0.25, 0.3) is 0 Å². The van der Waals surface area contributed by atoms with Gasteiger partial charge >= 0.3 is 0 Å². The molecule has 0 fully saturated rings. The van der Waals surface area contributed by atoms with Gasteiger partial charge in [-0.25, -0.2) is 0 Å². The standard InChI is InChI=1S/C24H50O5S/c1-3-5-6-7-8-9-10-11-12-13-14-15-16-17-18-19-20-28-23-24(22-25)29-30(26,27)21-4-2/h24-25H,3-23H2,1-2H3. The summed E-state index contributed by atoms with van der Waals surface area (Å²) in [4.78, 5) is 0. The normalized spacial score (nSPS) is 13.0. The summed E-state index contributed by atoms with van der Waals surface area (Å²) in [5.41, 5.74) is 0. The van der Waals surface area contributed by atoms with E-state index in [1.54, 1.807) is 6.92 Å². The van der Waals surface area contributed by atoms with E-state index in [-0.39, 0.29) is 19.0 Å². The molecule has 0 aromatic carbocycles. The topological polar surface area (TPSA) is 72.8 Å². The molecule has 1 unspecified atom stereocenters. The minimum atomic E-state index is -3.56. The highest BCUT2D eigenvalue weighted by Crippen LogP contribution is 2.13. The SMILES string of the molecule is CCCCCCCCCCCCCCCCCCOCC(CO)OS(=O)(=O)CCC. The van der Waals surface area contributed by atoms with E-state index in [0.717, 1.165) is 12.8 Å². The summed E-state index contributed by atoms with van der Waals surface area (Å²) in [7, 11) is -3.56. The fraction of sp³-hybridized carbons (Fsp3) is 1.00.